The van der Waals surface area contributed by atoms with Crippen LogP contribution >= 0.6 is 0 Å². The first-order valence-corrected chi connectivity index (χ1v) is 7.89. The number of hydrogen-bond acceptors (Lipinski definition) is 4. The molecule has 4 heterocycles. The van der Waals surface area contributed by atoms with E-state index in [0.717, 1.165) is 37.6 Å². The number of nitrogens with zero attached hydrogens (tertiary/aromatic N) is 4. The Balaban J connectivity index is 1.43. The maximum Gasteiger partial charge on any atom is 0.289 e. The van der Waals surface area contributed by atoms with Crippen molar-refractivity contribution < 1.29 is 9.21 Å². The zero-order chi connectivity index (χ0) is 14.9. The fraction of sp³-hybridized carbons (Fsp3) is 0.500. The normalized spacial score (nSPS) is 18.6. The summed E-state index contributed by atoms with van der Waals surface area (Å²) in [6.45, 7) is 5.15. The second-order valence-corrected chi connectivity index (χ2v) is 6.05. The van der Waals surface area contributed by atoms with Crippen molar-refractivity contribution in [2.75, 3.05) is 19.6 Å². The maximum absolute atomic E-state index is 12.6. The van der Waals surface area contributed by atoms with Crippen molar-refractivity contribution in [3.63, 3.8) is 0 Å². The van der Waals surface area contributed by atoms with Gasteiger partial charge >= 0.3 is 0 Å². The lowest BCUT2D eigenvalue weighted by Crippen LogP contribution is -2.37. The summed E-state index contributed by atoms with van der Waals surface area (Å²) in [5, 5.41) is 0. The molecule has 1 amide bonds. The number of aromatic nitrogens is 2. The molecule has 6 heteroatoms. The van der Waals surface area contributed by atoms with E-state index in [4.69, 9.17) is 4.42 Å². The Bertz CT molecular complexity index is 669. The van der Waals surface area contributed by atoms with Gasteiger partial charge in [0.15, 0.2) is 5.76 Å². The predicted molar refractivity (Wildman–Crippen MR) is 80.2 cm³/mol. The van der Waals surface area contributed by atoms with Crippen LogP contribution in [0.15, 0.2) is 29.1 Å². The van der Waals surface area contributed by atoms with Crippen LogP contribution < -0.4 is 0 Å². The molecule has 1 fully saturated rings. The van der Waals surface area contributed by atoms with Gasteiger partial charge in [-0.05, 0) is 38.1 Å². The summed E-state index contributed by atoms with van der Waals surface area (Å²) in [5.74, 6) is 1.30. The Kier molecular flexibility index (Phi) is 3.46. The molecule has 0 aromatic carbocycles. The zero-order valence-electron chi connectivity index (χ0n) is 12.6. The molecule has 0 atom stereocenters. The molecule has 0 saturated carbocycles. The molecule has 2 aromatic heterocycles. The summed E-state index contributed by atoms with van der Waals surface area (Å²) in [6, 6.07) is 3.74. The van der Waals surface area contributed by atoms with Gasteiger partial charge < -0.3 is 13.9 Å². The lowest BCUT2D eigenvalue weighted by atomic mass is 10.3. The van der Waals surface area contributed by atoms with Gasteiger partial charge in [0.05, 0.1) is 25.1 Å². The van der Waals surface area contributed by atoms with Crippen molar-refractivity contribution in [3.8, 4) is 0 Å². The van der Waals surface area contributed by atoms with Crippen molar-refractivity contribution in [2.45, 2.75) is 32.5 Å². The number of fused-ring (bicyclic) bond motifs is 1. The summed E-state index contributed by atoms with van der Waals surface area (Å²) in [7, 11) is 0. The third-order valence-electron chi connectivity index (χ3n) is 4.50. The number of furan rings is 1. The van der Waals surface area contributed by atoms with Crippen LogP contribution in [0.4, 0.5) is 0 Å². The van der Waals surface area contributed by atoms with Gasteiger partial charge in [-0.3, -0.25) is 9.69 Å². The first kappa shape index (κ1) is 13.6. The Morgan fingerprint density at radius 1 is 1.18 bits per heavy atom. The minimum atomic E-state index is -0.0277. The van der Waals surface area contributed by atoms with Gasteiger partial charge in [-0.15, -0.1) is 0 Å². The predicted octanol–water partition coefficient (Wildman–Crippen LogP) is 1.73. The highest BCUT2D eigenvalue weighted by molar-refractivity contribution is 5.91. The van der Waals surface area contributed by atoms with Crippen LogP contribution in [0.3, 0.4) is 0 Å². The Morgan fingerprint density at radius 2 is 2.05 bits per heavy atom. The first-order valence-electron chi connectivity index (χ1n) is 7.89. The van der Waals surface area contributed by atoms with E-state index in [9.17, 15) is 4.79 Å². The number of hydrogen-bond donors (Lipinski definition) is 0. The third-order valence-corrected chi connectivity index (χ3v) is 4.50. The van der Waals surface area contributed by atoms with E-state index in [1.54, 1.807) is 6.07 Å². The molecule has 0 bridgehead atoms. The van der Waals surface area contributed by atoms with Gasteiger partial charge in [0.2, 0.25) is 0 Å². The third kappa shape index (κ3) is 2.54. The summed E-state index contributed by atoms with van der Waals surface area (Å²) in [6.07, 6.45) is 6.15. The highest BCUT2D eigenvalue weighted by Crippen LogP contribution is 2.19. The summed E-state index contributed by atoms with van der Waals surface area (Å²) >= 11 is 0. The maximum atomic E-state index is 12.6. The lowest BCUT2D eigenvalue weighted by Gasteiger charge is -2.27. The van der Waals surface area contributed by atoms with Crippen molar-refractivity contribution in [1.82, 2.24) is 19.4 Å². The van der Waals surface area contributed by atoms with E-state index in [2.05, 4.69) is 14.5 Å². The van der Waals surface area contributed by atoms with Crippen LogP contribution in [0.2, 0.25) is 0 Å². The Labute approximate surface area is 129 Å². The number of amides is 1. The largest absolute Gasteiger partial charge is 0.455 e. The molecule has 0 unspecified atom stereocenters. The quantitative estimate of drug-likeness (QED) is 0.866. The highest BCUT2D eigenvalue weighted by Gasteiger charge is 2.24. The first-order chi connectivity index (χ1) is 10.8. The minimum absolute atomic E-state index is 0.0277. The number of carbonyl (C=O) groups excluding carboxylic acids is 1. The molecular formula is C16H20N4O2. The SMILES string of the molecule is O=C(c1ccc(CN2CCCC2)o1)N1CCn2cncc2C1. The van der Waals surface area contributed by atoms with Gasteiger partial charge in [0.1, 0.15) is 5.76 Å². The van der Waals surface area contributed by atoms with Crippen LogP contribution in [0, 0.1) is 0 Å². The molecule has 6 nitrogen and oxygen atoms in total. The number of imidazole rings is 1. The minimum Gasteiger partial charge on any atom is -0.455 e. The summed E-state index contributed by atoms with van der Waals surface area (Å²) in [4.78, 5) is 20.9. The fourth-order valence-corrected chi connectivity index (χ4v) is 3.25. The number of likely N-dealkylation sites (tertiary alicyclic amines) is 1. The second kappa shape index (κ2) is 5.61. The molecule has 0 spiro atoms. The summed E-state index contributed by atoms with van der Waals surface area (Å²) < 4.78 is 7.86. The Hall–Kier alpha value is -2.08. The van der Waals surface area contributed by atoms with E-state index < -0.39 is 0 Å². The lowest BCUT2D eigenvalue weighted by molar-refractivity contribution is 0.0675. The van der Waals surface area contributed by atoms with Crippen molar-refractivity contribution >= 4 is 5.91 Å². The fourth-order valence-electron chi connectivity index (χ4n) is 3.25. The molecule has 2 aromatic rings. The van der Waals surface area contributed by atoms with Crippen molar-refractivity contribution in [3.05, 3.63) is 41.9 Å². The van der Waals surface area contributed by atoms with Crippen LogP contribution in [-0.2, 0) is 19.6 Å². The van der Waals surface area contributed by atoms with Crippen LogP contribution in [0.1, 0.15) is 34.9 Å². The molecule has 1 saturated heterocycles. The van der Waals surface area contributed by atoms with Crippen LogP contribution in [0.5, 0.6) is 0 Å². The second-order valence-electron chi connectivity index (χ2n) is 6.05. The Morgan fingerprint density at radius 3 is 2.91 bits per heavy atom. The average molecular weight is 300 g/mol. The van der Waals surface area contributed by atoms with E-state index >= 15 is 0 Å². The van der Waals surface area contributed by atoms with E-state index in [0.29, 0.717) is 18.8 Å². The highest BCUT2D eigenvalue weighted by atomic mass is 16.4. The zero-order valence-corrected chi connectivity index (χ0v) is 12.6. The van der Waals surface area contributed by atoms with Crippen molar-refractivity contribution in [1.29, 1.82) is 0 Å². The van der Waals surface area contributed by atoms with E-state index in [1.165, 1.54) is 12.8 Å². The molecule has 22 heavy (non-hydrogen) atoms. The average Bonchev–Trinajstić information content (AvgIpc) is 3.27. The molecule has 2 aliphatic rings. The smallest absolute Gasteiger partial charge is 0.289 e. The molecular weight excluding hydrogens is 280 g/mol. The van der Waals surface area contributed by atoms with E-state index in [1.807, 2.05) is 23.5 Å². The molecule has 0 radical (unpaired) electrons. The summed E-state index contributed by atoms with van der Waals surface area (Å²) in [5.41, 5.74) is 1.07. The van der Waals surface area contributed by atoms with E-state index in [-0.39, 0.29) is 5.91 Å². The molecule has 4 rings (SSSR count). The van der Waals surface area contributed by atoms with Gasteiger partial charge in [-0.2, -0.15) is 0 Å². The van der Waals surface area contributed by atoms with Gasteiger partial charge in [-0.25, -0.2) is 4.98 Å². The van der Waals surface area contributed by atoms with Crippen molar-refractivity contribution in [2.24, 2.45) is 0 Å². The van der Waals surface area contributed by atoms with Crippen LogP contribution in [0.25, 0.3) is 0 Å². The van der Waals surface area contributed by atoms with Gasteiger partial charge in [-0.1, -0.05) is 0 Å². The monoisotopic (exact) mass is 300 g/mol. The molecule has 116 valence electrons. The molecule has 0 N–H and O–H groups in total. The topological polar surface area (TPSA) is 54.5 Å². The molecule has 0 aliphatic carbocycles. The van der Waals surface area contributed by atoms with Gasteiger partial charge in [0, 0.05) is 19.3 Å². The number of rotatable bonds is 3. The standard InChI is InChI=1S/C16H20N4O2/c21-16(19-7-8-20-12-17-9-13(20)10-19)15-4-3-14(22-15)11-18-5-1-2-6-18/h3-4,9,12H,1-2,5-8,10-11H2. The van der Waals surface area contributed by atoms with Gasteiger partial charge in [0.25, 0.3) is 5.91 Å². The number of carbonyl (C=O) groups is 1. The molecule has 2 aliphatic heterocycles. The van der Waals surface area contributed by atoms with Crippen LogP contribution in [-0.4, -0.2) is 44.9 Å².